The second-order valence-corrected chi connectivity index (χ2v) is 7.83. The van der Waals surface area contributed by atoms with Gasteiger partial charge >= 0.3 is 0 Å². The number of hydrogen-bond donors (Lipinski definition) is 1. The summed E-state index contributed by atoms with van der Waals surface area (Å²) >= 11 is 3.61. The molecular weight excluding hydrogens is 330 g/mol. The van der Waals surface area contributed by atoms with Gasteiger partial charge in [0.2, 0.25) is 0 Å². The molecule has 0 aliphatic rings. The Morgan fingerprint density at radius 3 is 2.12 bits per heavy atom. The molecule has 4 rings (SSSR count). The van der Waals surface area contributed by atoms with Gasteiger partial charge in [0.05, 0.1) is 9.92 Å². The van der Waals surface area contributed by atoms with Crippen LogP contribution < -0.4 is 0 Å². The van der Waals surface area contributed by atoms with Gasteiger partial charge in [0, 0.05) is 20.7 Å². The molecule has 0 bridgehead atoms. The van der Waals surface area contributed by atoms with E-state index in [9.17, 15) is 0 Å². The summed E-state index contributed by atoms with van der Waals surface area (Å²) in [5, 5.41) is 2.48. The maximum atomic E-state index is 3.59. The monoisotopic (exact) mass is 347 g/mol. The number of H-pyrrole nitrogens is 1. The summed E-state index contributed by atoms with van der Waals surface area (Å²) in [6.45, 7) is 2.12. The van der Waals surface area contributed by atoms with Crippen LogP contribution in [0.15, 0.2) is 98.6 Å². The molecule has 0 saturated heterocycles. The minimum absolute atomic E-state index is 1.19. The summed E-state index contributed by atoms with van der Waals surface area (Å²) in [4.78, 5) is 7.39. The van der Waals surface area contributed by atoms with Crippen LogP contribution in [0.25, 0.3) is 10.9 Å². The SMILES string of the molecule is Cc1ccc(Sc2[nH]c3ccccc3c2Sc2ccccc2)cc1. The minimum atomic E-state index is 1.19. The first-order valence-electron chi connectivity index (χ1n) is 7.88. The highest BCUT2D eigenvalue weighted by molar-refractivity contribution is 8.02. The van der Waals surface area contributed by atoms with Crippen molar-refractivity contribution in [1.82, 2.24) is 4.98 Å². The number of fused-ring (bicyclic) bond motifs is 1. The summed E-state index contributed by atoms with van der Waals surface area (Å²) in [6.07, 6.45) is 0. The third-order valence-corrected chi connectivity index (χ3v) is 6.11. The van der Waals surface area contributed by atoms with E-state index in [0.717, 1.165) is 0 Å². The van der Waals surface area contributed by atoms with Crippen molar-refractivity contribution in [1.29, 1.82) is 0 Å². The van der Waals surface area contributed by atoms with E-state index in [1.54, 1.807) is 11.8 Å². The Balaban J connectivity index is 1.76. The molecule has 0 radical (unpaired) electrons. The molecule has 0 atom stereocenters. The zero-order valence-electron chi connectivity index (χ0n) is 13.3. The molecule has 1 aromatic heterocycles. The first-order chi connectivity index (χ1) is 11.8. The Kier molecular flexibility index (Phi) is 4.37. The van der Waals surface area contributed by atoms with E-state index in [4.69, 9.17) is 0 Å². The van der Waals surface area contributed by atoms with E-state index in [0.29, 0.717) is 0 Å². The third kappa shape index (κ3) is 3.23. The average Bonchev–Trinajstić information content (AvgIpc) is 2.95. The number of benzene rings is 3. The van der Waals surface area contributed by atoms with Crippen LogP contribution in [0.5, 0.6) is 0 Å². The predicted octanol–water partition coefficient (Wildman–Crippen LogP) is 6.78. The first-order valence-corrected chi connectivity index (χ1v) is 9.51. The van der Waals surface area contributed by atoms with Crippen molar-refractivity contribution in [2.24, 2.45) is 0 Å². The van der Waals surface area contributed by atoms with Crippen molar-refractivity contribution < 1.29 is 0 Å². The fraction of sp³-hybridized carbons (Fsp3) is 0.0476. The molecule has 4 aromatic rings. The van der Waals surface area contributed by atoms with Crippen molar-refractivity contribution >= 4 is 34.4 Å². The van der Waals surface area contributed by atoms with E-state index in [1.165, 1.54) is 36.2 Å². The summed E-state index contributed by atoms with van der Waals surface area (Å²) in [5.74, 6) is 0. The van der Waals surface area contributed by atoms with Crippen molar-refractivity contribution in [3.63, 3.8) is 0 Å². The van der Waals surface area contributed by atoms with Gasteiger partial charge in [0.1, 0.15) is 0 Å². The summed E-state index contributed by atoms with van der Waals surface area (Å²) in [6, 6.07) is 27.8. The van der Waals surface area contributed by atoms with Crippen molar-refractivity contribution in [2.45, 2.75) is 26.6 Å². The molecule has 0 fully saturated rings. The summed E-state index contributed by atoms with van der Waals surface area (Å²) in [7, 11) is 0. The molecule has 1 nitrogen and oxygen atoms in total. The van der Waals surface area contributed by atoms with Crippen LogP contribution >= 0.6 is 23.5 Å². The van der Waals surface area contributed by atoms with Gasteiger partial charge in [-0.1, -0.05) is 77.6 Å². The van der Waals surface area contributed by atoms with Gasteiger partial charge in [-0.3, -0.25) is 0 Å². The van der Waals surface area contributed by atoms with Gasteiger partial charge in [-0.25, -0.2) is 0 Å². The Hall–Kier alpha value is -2.10. The molecule has 0 unspecified atom stereocenters. The molecule has 1 heterocycles. The van der Waals surface area contributed by atoms with Crippen LogP contribution in [-0.2, 0) is 0 Å². The highest BCUT2D eigenvalue weighted by Crippen LogP contribution is 2.42. The van der Waals surface area contributed by atoms with Gasteiger partial charge in [-0.15, -0.1) is 0 Å². The van der Waals surface area contributed by atoms with Crippen LogP contribution in [-0.4, -0.2) is 4.98 Å². The molecule has 0 spiro atoms. The fourth-order valence-corrected chi connectivity index (χ4v) is 4.68. The molecule has 3 aromatic carbocycles. The van der Waals surface area contributed by atoms with Gasteiger partial charge in [0.25, 0.3) is 0 Å². The van der Waals surface area contributed by atoms with Gasteiger partial charge in [-0.05, 0) is 37.3 Å². The van der Waals surface area contributed by atoms with E-state index in [-0.39, 0.29) is 0 Å². The Morgan fingerprint density at radius 1 is 0.667 bits per heavy atom. The number of aromatic nitrogens is 1. The quantitative estimate of drug-likeness (QED) is 0.438. The molecule has 0 saturated carbocycles. The van der Waals surface area contributed by atoms with Crippen LogP contribution in [0, 0.1) is 6.92 Å². The number of aryl methyl sites for hydroxylation is 1. The lowest BCUT2D eigenvalue weighted by molar-refractivity contribution is 1.14. The topological polar surface area (TPSA) is 15.8 Å². The average molecular weight is 348 g/mol. The Bertz CT molecular complexity index is 956. The maximum Gasteiger partial charge on any atom is 0.0923 e. The molecule has 0 aliphatic heterocycles. The molecule has 1 N–H and O–H groups in total. The molecule has 118 valence electrons. The molecule has 24 heavy (non-hydrogen) atoms. The summed E-state index contributed by atoms with van der Waals surface area (Å²) < 4.78 is 0. The first kappa shape index (κ1) is 15.4. The van der Waals surface area contributed by atoms with Crippen LogP contribution in [0.1, 0.15) is 5.56 Å². The number of hydrogen-bond acceptors (Lipinski definition) is 2. The van der Waals surface area contributed by atoms with E-state index < -0.39 is 0 Å². The van der Waals surface area contributed by atoms with Crippen LogP contribution in [0.3, 0.4) is 0 Å². The molecular formula is C21H17NS2. The fourth-order valence-electron chi connectivity index (χ4n) is 2.60. The predicted molar refractivity (Wildman–Crippen MR) is 104 cm³/mol. The molecule has 3 heteroatoms. The lowest BCUT2D eigenvalue weighted by atomic mass is 10.2. The van der Waals surface area contributed by atoms with E-state index >= 15 is 0 Å². The number of rotatable bonds is 4. The van der Waals surface area contributed by atoms with E-state index in [1.807, 2.05) is 11.8 Å². The second kappa shape index (κ2) is 6.80. The highest BCUT2D eigenvalue weighted by atomic mass is 32.2. The van der Waals surface area contributed by atoms with Gasteiger partial charge in [0.15, 0.2) is 0 Å². The lowest BCUT2D eigenvalue weighted by Crippen LogP contribution is -1.78. The minimum Gasteiger partial charge on any atom is -0.348 e. The van der Waals surface area contributed by atoms with Gasteiger partial charge < -0.3 is 4.98 Å². The van der Waals surface area contributed by atoms with Crippen molar-refractivity contribution in [2.75, 3.05) is 0 Å². The maximum absolute atomic E-state index is 3.59. The molecule has 0 amide bonds. The Labute approximate surface area is 150 Å². The van der Waals surface area contributed by atoms with Crippen molar-refractivity contribution in [3.05, 3.63) is 84.4 Å². The zero-order chi connectivity index (χ0) is 16.4. The largest absolute Gasteiger partial charge is 0.348 e. The Morgan fingerprint density at radius 2 is 1.33 bits per heavy atom. The van der Waals surface area contributed by atoms with Crippen LogP contribution in [0.4, 0.5) is 0 Å². The second-order valence-electron chi connectivity index (χ2n) is 5.66. The van der Waals surface area contributed by atoms with Crippen LogP contribution in [0.2, 0.25) is 0 Å². The lowest BCUT2D eigenvalue weighted by Gasteiger charge is -2.05. The zero-order valence-corrected chi connectivity index (χ0v) is 15.0. The number of nitrogens with one attached hydrogen (secondary N) is 1. The third-order valence-electron chi connectivity index (χ3n) is 3.83. The number of para-hydroxylation sites is 1. The standard InChI is InChI=1S/C21H17NS2/c1-15-11-13-17(14-12-15)24-21-20(23-16-7-3-2-4-8-16)18-9-5-6-10-19(18)22-21/h2-14,22H,1H3. The van der Waals surface area contributed by atoms with Gasteiger partial charge in [-0.2, -0.15) is 0 Å². The summed E-state index contributed by atoms with van der Waals surface area (Å²) in [5.41, 5.74) is 2.47. The van der Waals surface area contributed by atoms with E-state index in [2.05, 4.69) is 90.8 Å². The normalized spacial score (nSPS) is 11.0. The van der Waals surface area contributed by atoms with Crippen molar-refractivity contribution in [3.8, 4) is 0 Å². The number of aromatic amines is 1. The highest BCUT2D eigenvalue weighted by Gasteiger charge is 2.14. The molecule has 0 aliphatic carbocycles. The smallest absolute Gasteiger partial charge is 0.0923 e.